The lowest BCUT2D eigenvalue weighted by molar-refractivity contribution is -0.137. The lowest BCUT2D eigenvalue weighted by atomic mass is 9.96. The van der Waals surface area contributed by atoms with E-state index in [-0.39, 0.29) is 0 Å². The van der Waals surface area contributed by atoms with Gasteiger partial charge in [-0.05, 0) is 42.2 Å². The van der Waals surface area contributed by atoms with E-state index in [1.807, 2.05) is 31.2 Å². The Labute approximate surface area is 116 Å². The number of benzene rings is 2. The minimum absolute atomic E-state index is 0.446. The van der Waals surface area contributed by atoms with Crippen LogP contribution in [0.1, 0.15) is 28.3 Å². The number of hydrogen-bond acceptors (Lipinski definition) is 1. The molecule has 20 heavy (non-hydrogen) atoms. The molecule has 0 aliphatic heterocycles. The van der Waals surface area contributed by atoms with Gasteiger partial charge in [0.15, 0.2) is 0 Å². The molecule has 1 atom stereocenters. The predicted molar refractivity (Wildman–Crippen MR) is 73.3 cm³/mol. The molecule has 1 unspecified atom stereocenters. The van der Waals surface area contributed by atoms with Gasteiger partial charge in [-0.3, -0.25) is 0 Å². The van der Waals surface area contributed by atoms with E-state index in [0.29, 0.717) is 12.0 Å². The molecule has 0 radical (unpaired) electrons. The van der Waals surface area contributed by atoms with Crippen molar-refractivity contribution in [2.75, 3.05) is 0 Å². The summed E-state index contributed by atoms with van der Waals surface area (Å²) >= 11 is 0. The SMILES string of the molecule is Cc1ccccc1CC(N)c1cccc(C(F)(F)F)c1. The van der Waals surface area contributed by atoms with Gasteiger partial charge in [0.2, 0.25) is 0 Å². The molecular formula is C16H16F3N. The minimum atomic E-state index is -4.33. The Kier molecular flexibility index (Phi) is 4.14. The van der Waals surface area contributed by atoms with Gasteiger partial charge in [-0.2, -0.15) is 13.2 Å². The molecule has 0 spiro atoms. The topological polar surface area (TPSA) is 26.0 Å². The Morgan fingerprint density at radius 2 is 1.75 bits per heavy atom. The Bertz CT molecular complexity index is 590. The van der Waals surface area contributed by atoms with Gasteiger partial charge in [-0.25, -0.2) is 0 Å². The normalized spacial score (nSPS) is 13.2. The Morgan fingerprint density at radius 1 is 1.05 bits per heavy atom. The molecule has 2 aromatic carbocycles. The van der Waals surface area contributed by atoms with E-state index in [1.165, 1.54) is 6.07 Å². The highest BCUT2D eigenvalue weighted by Gasteiger charge is 2.30. The van der Waals surface area contributed by atoms with Crippen LogP contribution in [0.3, 0.4) is 0 Å². The first kappa shape index (κ1) is 14.6. The second-order valence-corrected chi connectivity index (χ2v) is 4.86. The summed E-state index contributed by atoms with van der Waals surface area (Å²) in [6.45, 7) is 1.97. The van der Waals surface area contributed by atoms with Gasteiger partial charge >= 0.3 is 6.18 Å². The van der Waals surface area contributed by atoms with Crippen molar-refractivity contribution in [3.05, 3.63) is 70.8 Å². The highest BCUT2D eigenvalue weighted by Crippen LogP contribution is 2.31. The summed E-state index contributed by atoms with van der Waals surface area (Å²) in [7, 11) is 0. The zero-order valence-corrected chi connectivity index (χ0v) is 11.1. The Hall–Kier alpha value is -1.81. The minimum Gasteiger partial charge on any atom is -0.324 e. The fourth-order valence-electron chi connectivity index (χ4n) is 2.14. The number of nitrogens with two attached hydrogens (primary N) is 1. The van der Waals surface area contributed by atoms with Crippen LogP contribution in [0.4, 0.5) is 13.2 Å². The van der Waals surface area contributed by atoms with Crippen LogP contribution in [0.2, 0.25) is 0 Å². The molecule has 1 nitrogen and oxygen atoms in total. The standard InChI is InChI=1S/C16H16F3N/c1-11-5-2-3-6-12(11)10-15(20)13-7-4-8-14(9-13)16(17,18)19/h2-9,15H,10,20H2,1H3. The van der Waals surface area contributed by atoms with Crippen LogP contribution < -0.4 is 5.73 Å². The zero-order valence-electron chi connectivity index (χ0n) is 11.1. The molecule has 0 aromatic heterocycles. The summed E-state index contributed by atoms with van der Waals surface area (Å²) in [6, 6.07) is 12.5. The largest absolute Gasteiger partial charge is 0.416 e. The highest BCUT2D eigenvalue weighted by molar-refractivity contribution is 5.31. The average molecular weight is 279 g/mol. The van der Waals surface area contributed by atoms with Crippen molar-refractivity contribution >= 4 is 0 Å². The molecule has 106 valence electrons. The number of rotatable bonds is 3. The summed E-state index contributed by atoms with van der Waals surface area (Å²) < 4.78 is 38.0. The van der Waals surface area contributed by atoms with Crippen LogP contribution in [0.15, 0.2) is 48.5 Å². The predicted octanol–water partition coefficient (Wildman–Crippen LogP) is 4.26. The maximum Gasteiger partial charge on any atom is 0.416 e. The van der Waals surface area contributed by atoms with Crippen molar-refractivity contribution < 1.29 is 13.2 Å². The van der Waals surface area contributed by atoms with Crippen molar-refractivity contribution in [1.82, 2.24) is 0 Å². The van der Waals surface area contributed by atoms with Crippen LogP contribution in [0, 0.1) is 6.92 Å². The van der Waals surface area contributed by atoms with Gasteiger partial charge in [-0.1, -0.05) is 36.4 Å². The molecule has 2 rings (SSSR count). The van der Waals surface area contributed by atoms with E-state index < -0.39 is 17.8 Å². The van der Waals surface area contributed by atoms with Crippen molar-refractivity contribution in [3.8, 4) is 0 Å². The van der Waals surface area contributed by atoms with E-state index in [9.17, 15) is 13.2 Å². The molecule has 0 aliphatic carbocycles. The Morgan fingerprint density at radius 3 is 2.40 bits per heavy atom. The van der Waals surface area contributed by atoms with Crippen LogP contribution >= 0.6 is 0 Å². The van der Waals surface area contributed by atoms with Crippen LogP contribution in [0.25, 0.3) is 0 Å². The fraction of sp³-hybridized carbons (Fsp3) is 0.250. The zero-order chi connectivity index (χ0) is 14.8. The molecule has 0 saturated heterocycles. The van der Waals surface area contributed by atoms with Crippen molar-refractivity contribution in [3.63, 3.8) is 0 Å². The molecule has 0 aliphatic rings. The van der Waals surface area contributed by atoms with E-state index in [2.05, 4.69) is 0 Å². The quantitative estimate of drug-likeness (QED) is 0.892. The third kappa shape index (κ3) is 3.39. The van der Waals surface area contributed by atoms with Gasteiger partial charge in [-0.15, -0.1) is 0 Å². The van der Waals surface area contributed by atoms with Crippen molar-refractivity contribution in [1.29, 1.82) is 0 Å². The van der Waals surface area contributed by atoms with E-state index in [4.69, 9.17) is 5.73 Å². The maximum atomic E-state index is 12.7. The van der Waals surface area contributed by atoms with E-state index in [0.717, 1.165) is 23.3 Å². The molecular weight excluding hydrogens is 263 g/mol. The van der Waals surface area contributed by atoms with Gasteiger partial charge in [0.05, 0.1) is 5.56 Å². The smallest absolute Gasteiger partial charge is 0.324 e. The molecule has 2 aromatic rings. The second kappa shape index (κ2) is 5.67. The second-order valence-electron chi connectivity index (χ2n) is 4.86. The highest BCUT2D eigenvalue weighted by atomic mass is 19.4. The first-order valence-corrected chi connectivity index (χ1v) is 6.35. The molecule has 4 heteroatoms. The lowest BCUT2D eigenvalue weighted by Gasteiger charge is -2.15. The summed E-state index contributed by atoms with van der Waals surface area (Å²) in [5.74, 6) is 0. The Balaban J connectivity index is 2.22. The third-order valence-electron chi connectivity index (χ3n) is 3.34. The van der Waals surface area contributed by atoms with Gasteiger partial charge in [0.1, 0.15) is 0 Å². The number of hydrogen-bond donors (Lipinski definition) is 1. The molecule has 0 bridgehead atoms. The number of halogens is 3. The molecule has 0 fully saturated rings. The van der Waals surface area contributed by atoms with Gasteiger partial charge in [0.25, 0.3) is 0 Å². The third-order valence-corrected chi connectivity index (χ3v) is 3.34. The van der Waals surface area contributed by atoms with Crippen molar-refractivity contribution in [2.45, 2.75) is 25.6 Å². The number of alkyl halides is 3. The monoisotopic (exact) mass is 279 g/mol. The summed E-state index contributed by atoms with van der Waals surface area (Å²) in [6.07, 6.45) is -3.81. The number of aryl methyl sites for hydroxylation is 1. The average Bonchev–Trinajstić information content (AvgIpc) is 2.40. The lowest BCUT2D eigenvalue weighted by Crippen LogP contribution is -2.15. The van der Waals surface area contributed by atoms with Crippen LogP contribution in [-0.2, 0) is 12.6 Å². The van der Waals surface area contributed by atoms with E-state index in [1.54, 1.807) is 6.07 Å². The van der Waals surface area contributed by atoms with Crippen LogP contribution in [0.5, 0.6) is 0 Å². The van der Waals surface area contributed by atoms with Gasteiger partial charge in [0, 0.05) is 6.04 Å². The molecule has 0 amide bonds. The molecule has 0 heterocycles. The summed E-state index contributed by atoms with van der Waals surface area (Å²) in [5, 5.41) is 0. The maximum absolute atomic E-state index is 12.7. The first-order valence-electron chi connectivity index (χ1n) is 6.35. The first-order chi connectivity index (χ1) is 9.38. The molecule has 0 saturated carbocycles. The summed E-state index contributed by atoms with van der Waals surface area (Å²) in [4.78, 5) is 0. The van der Waals surface area contributed by atoms with Crippen molar-refractivity contribution in [2.24, 2.45) is 5.73 Å². The van der Waals surface area contributed by atoms with Crippen LogP contribution in [-0.4, -0.2) is 0 Å². The summed E-state index contributed by atoms with van der Waals surface area (Å²) in [5.41, 5.74) is 8.03. The van der Waals surface area contributed by atoms with Gasteiger partial charge < -0.3 is 5.73 Å². The fourth-order valence-corrected chi connectivity index (χ4v) is 2.14. The molecule has 2 N–H and O–H groups in total. The van der Waals surface area contributed by atoms with E-state index >= 15 is 0 Å².